The van der Waals surface area contributed by atoms with Crippen molar-refractivity contribution in [3.8, 4) is 10.6 Å². The molecule has 0 spiro atoms. The molecular weight excluding hydrogens is 485 g/mol. The maximum absolute atomic E-state index is 13.7. The highest BCUT2D eigenvalue weighted by molar-refractivity contribution is 9.10. The van der Waals surface area contributed by atoms with Crippen molar-refractivity contribution in [3.05, 3.63) is 58.2 Å². The van der Waals surface area contributed by atoms with E-state index in [0.29, 0.717) is 28.9 Å². The van der Waals surface area contributed by atoms with Crippen molar-refractivity contribution >= 4 is 38.8 Å². The summed E-state index contributed by atoms with van der Waals surface area (Å²) >= 11 is 4.48. The first kappa shape index (κ1) is 20.5. The number of hydrogen-bond acceptors (Lipinski definition) is 5. The number of hydrogen-bond donors (Lipinski definition) is 1. The van der Waals surface area contributed by atoms with E-state index in [4.69, 9.17) is 0 Å². The van der Waals surface area contributed by atoms with Crippen molar-refractivity contribution in [2.75, 3.05) is 6.54 Å². The molecule has 0 aliphatic heterocycles. The molecule has 0 aliphatic rings. The third-order valence-corrected chi connectivity index (χ3v) is 5.87. The molecule has 4 aromatic heterocycles. The van der Waals surface area contributed by atoms with Gasteiger partial charge in [0.05, 0.1) is 21.4 Å². The summed E-state index contributed by atoms with van der Waals surface area (Å²) in [4.78, 5) is 21.3. The van der Waals surface area contributed by atoms with Gasteiger partial charge in [-0.05, 0) is 39.9 Å². The molecule has 0 radical (unpaired) electrons. The van der Waals surface area contributed by atoms with Gasteiger partial charge >= 0.3 is 6.18 Å². The van der Waals surface area contributed by atoms with Gasteiger partial charge in [-0.3, -0.25) is 4.79 Å². The zero-order valence-electron chi connectivity index (χ0n) is 15.2. The normalized spacial score (nSPS) is 11.9. The lowest BCUT2D eigenvalue weighted by Gasteiger charge is -2.10. The topological polar surface area (TPSA) is 77.1 Å². The number of fused-ring (bicyclic) bond motifs is 1. The van der Waals surface area contributed by atoms with Crippen LogP contribution in [0.3, 0.4) is 0 Å². The van der Waals surface area contributed by atoms with Gasteiger partial charge < -0.3 is 9.88 Å². The molecule has 7 nitrogen and oxygen atoms in total. The molecule has 156 valence electrons. The summed E-state index contributed by atoms with van der Waals surface area (Å²) in [6.07, 6.45) is 1.08. The Hall–Kier alpha value is -2.73. The van der Waals surface area contributed by atoms with Gasteiger partial charge in [0.15, 0.2) is 17.0 Å². The number of rotatable bonds is 6. The maximum Gasteiger partial charge on any atom is 0.433 e. The lowest BCUT2D eigenvalue weighted by molar-refractivity contribution is -0.142. The molecule has 0 aromatic carbocycles. The molecule has 30 heavy (non-hydrogen) atoms. The molecule has 12 heteroatoms. The molecule has 0 bridgehead atoms. The summed E-state index contributed by atoms with van der Waals surface area (Å²) in [5.41, 5.74) is -1.07. The lowest BCUT2D eigenvalue weighted by Crippen LogP contribution is -2.26. The first-order valence-electron chi connectivity index (χ1n) is 8.79. The van der Waals surface area contributed by atoms with E-state index in [1.807, 2.05) is 4.57 Å². The molecule has 1 N–H and O–H groups in total. The van der Waals surface area contributed by atoms with Crippen LogP contribution in [0.15, 0.2) is 46.8 Å². The van der Waals surface area contributed by atoms with Crippen LogP contribution in [0, 0.1) is 0 Å². The smallest absolute Gasteiger partial charge is 0.351 e. The monoisotopic (exact) mass is 498 g/mol. The highest BCUT2D eigenvalue weighted by Crippen LogP contribution is 2.35. The Bertz CT molecular complexity index is 1170. The molecule has 4 heterocycles. The second-order valence-electron chi connectivity index (χ2n) is 6.31. The largest absolute Gasteiger partial charge is 0.433 e. The molecule has 0 aliphatic carbocycles. The average Bonchev–Trinajstić information content (AvgIpc) is 3.45. The predicted molar refractivity (Wildman–Crippen MR) is 108 cm³/mol. The Morgan fingerprint density at radius 3 is 2.83 bits per heavy atom. The second kappa shape index (κ2) is 8.19. The molecule has 4 rings (SSSR count). The number of nitrogens with one attached hydrogen (secondary N) is 1. The number of aryl methyl sites for hydroxylation is 1. The number of amides is 1. The van der Waals surface area contributed by atoms with Gasteiger partial charge in [0, 0.05) is 25.5 Å². The van der Waals surface area contributed by atoms with Gasteiger partial charge in [0.1, 0.15) is 0 Å². The average molecular weight is 499 g/mol. The van der Waals surface area contributed by atoms with E-state index >= 15 is 0 Å². The first-order valence-corrected chi connectivity index (χ1v) is 10.5. The zero-order chi connectivity index (χ0) is 21.3. The van der Waals surface area contributed by atoms with E-state index in [2.05, 4.69) is 36.3 Å². The van der Waals surface area contributed by atoms with E-state index in [9.17, 15) is 18.0 Å². The molecule has 4 aromatic rings. The third-order valence-electron chi connectivity index (χ3n) is 4.25. The second-order valence-corrected chi connectivity index (χ2v) is 8.05. The SMILES string of the molecule is O=C(NCCCn1ccnc1)c1nn2c(C(F)(F)F)cc(-c3cccs3)nc2c1Br. The Balaban J connectivity index is 1.62. The van der Waals surface area contributed by atoms with Crippen LogP contribution < -0.4 is 5.32 Å². The van der Waals surface area contributed by atoms with Crippen molar-refractivity contribution in [1.82, 2.24) is 29.5 Å². The van der Waals surface area contributed by atoms with Crippen molar-refractivity contribution < 1.29 is 18.0 Å². The Kier molecular flexibility index (Phi) is 5.60. The lowest BCUT2D eigenvalue weighted by atomic mass is 10.2. The summed E-state index contributed by atoms with van der Waals surface area (Å²) < 4.78 is 43.6. The molecular formula is C18H14BrF3N6OS. The minimum absolute atomic E-state index is 0.0724. The van der Waals surface area contributed by atoms with Crippen LogP contribution >= 0.6 is 27.3 Å². The van der Waals surface area contributed by atoms with Crippen LogP contribution in [0.1, 0.15) is 22.6 Å². The van der Waals surface area contributed by atoms with Crippen molar-refractivity contribution in [1.29, 1.82) is 0 Å². The van der Waals surface area contributed by atoms with E-state index in [1.54, 1.807) is 36.2 Å². The summed E-state index contributed by atoms with van der Waals surface area (Å²) in [7, 11) is 0. The molecule has 0 atom stereocenters. The molecule has 0 unspecified atom stereocenters. The number of nitrogens with zero attached hydrogens (tertiary/aromatic N) is 5. The fraction of sp³-hybridized carbons (Fsp3) is 0.222. The fourth-order valence-electron chi connectivity index (χ4n) is 2.86. The van der Waals surface area contributed by atoms with Crippen LogP contribution in [0.25, 0.3) is 16.2 Å². The van der Waals surface area contributed by atoms with Crippen LogP contribution in [0.2, 0.25) is 0 Å². The van der Waals surface area contributed by atoms with Crippen LogP contribution in [-0.4, -0.2) is 36.6 Å². The van der Waals surface area contributed by atoms with Crippen molar-refractivity contribution in [2.24, 2.45) is 0 Å². The highest BCUT2D eigenvalue weighted by atomic mass is 79.9. The van der Waals surface area contributed by atoms with E-state index in [-0.39, 0.29) is 21.5 Å². The summed E-state index contributed by atoms with van der Waals surface area (Å²) in [5.74, 6) is -0.580. The quantitative estimate of drug-likeness (QED) is 0.403. The van der Waals surface area contributed by atoms with Crippen LogP contribution in [-0.2, 0) is 12.7 Å². The third kappa shape index (κ3) is 4.10. The first-order chi connectivity index (χ1) is 14.3. The molecule has 0 saturated carbocycles. The Labute approximate surface area is 180 Å². The van der Waals surface area contributed by atoms with Gasteiger partial charge in [-0.1, -0.05) is 6.07 Å². The molecule has 0 saturated heterocycles. The van der Waals surface area contributed by atoms with Gasteiger partial charge in [0.25, 0.3) is 5.91 Å². The van der Waals surface area contributed by atoms with Gasteiger partial charge in [0.2, 0.25) is 0 Å². The van der Waals surface area contributed by atoms with Crippen molar-refractivity contribution in [3.63, 3.8) is 0 Å². The van der Waals surface area contributed by atoms with Gasteiger partial charge in [-0.2, -0.15) is 18.3 Å². The number of aromatic nitrogens is 5. The number of carbonyl (C=O) groups excluding carboxylic acids is 1. The predicted octanol–water partition coefficient (Wildman–Crippen LogP) is 4.26. The number of halogens is 4. The van der Waals surface area contributed by atoms with Gasteiger partial charge in [-0.15, -0.1) is 11.3 Å². The number of carbonyl (C=O) groups is 1. The van der Waals surface area contributed by atoms with E-state index < -0.39 is 17.8 Å². The summed E-state index contributed by atoms with van der Waals surface area (Å²) in [6.45, 7) is 0.980. The van der Waals surface area contributed by atoms with Gasteiger partial charge in [-0.25, -0.2) is 14.5 Å². The standard InChI is InChI=1S/C18H14BrF3N6OS/c19-14-15(17(29)24-4-2-6-27-7-5-23-10-27)26-28-13(18(20,21)22)9-11(25-16(14)28)12-3-1-8-30-12/h1,3,5,7-10H,2,4,6H2,(H,24,29). The summed E-state index contributed by atoms with van der Waals surface area (Å²) in [5, 5.41) is 8.32. The number of imidazole rings is 1. The number of alkyl halides is 3. The van der Waals surface area contributed by atoms with E-state index in [0.717, 1.165) is 6.07 Å². The zero-order valence-corrected chi connectivity index (χ0v) is 17.6. The van der Waals surface area contributed by atoms with Crippen LogP contribution in [0.5, 0.6) is 0 Å². The minimum atomic E-state index is -4.67. The highest BCUT2D eigenvalue weighted by Gasteiger charge is 2.36. The maximum atomic E-state index is 13.7. The van der Waals surface area contributed by atoms with Crippen LogP contribution in [0.4, 0.5) is 13.2 Å². The Morgan fingerprint density at radius 1 is 1.33 bits per heavy atom. The molecule has 0 fully saturated rings. The van der Waals surface area contributed by atoms with Crippen molar-refractivity contribution in [2.45, 2.75) is 19.1 Å². The number of thiophene rings is 1. The fourth-order valence-corrected chi connectivity index (χ4v) is 4.06. The van der Waals surface area contributed by atoms with E-state index in [1.165, 1.54) is 11.3 Å². The molecule has 1 amide bonds. The minimum Gasteiger partial charge on any atom is -0.351 e. The Morgan fingerprint density at radius 2 is 2.17 bits per heavy atom. The summed E-state index contributed by atoms with van der Waals surface area (Å²) in [6, 6.07) is 4.35.